The molecule has 482 valence electrons. The van der Waals surface area contributed by atoms with Crippen LogP contribution in [0.3, 0.4) is 0 Å². The second-order valence-electron chi connectivity index (χ2n) is 25.6. The lowest BCUT2D eigenvalue weighted by atomic mass is 10.0. The zero-order chi connectivity index (χ0) is 59.8. The van der Waals surface area contributed by atoms with Gasteiger partial charge >= 0.3 is 0 Å². The van der Waals surface area contributed by atoms with E-state index in [-0.39, 0.29) is 19.1 Å². The van der Waals surface area contributed by atoms with E-state index in [4.69, 9.17) is 9.05 Å². The van der Waals surface area contributed by atoms with Crippen LogP contribution in [0.15, 0.2) is 60.8 Å². The van der Waals surface area contributed by atoms with E-state index in [2.05, 4.69) is 79.9 Å². The molecule has 0 saturated heterocycles. The third-order valence-corrected chi connectivity index (χ3v) is 17.2. The highest BCUT2D eigenvalue weighted by atomic mass is 31.2. The summed E-state index contributed by atoms with van der Waals surface area (Å²) in [6, 6.07) is -0.804. The average molecular weight is 1170 g/mol. The lowest BCUT2D eigenvalue weighted by Crippen LogP contribution is -2.46. The molecule has 82 heavy (non-hydrogen) atoms. The number of allylic oxidation sites excluding steroid dienone is 10. The van der Waals surface area contributed by atoms with Crippen LogP contribution in [-0.2, 0) is 18.4 Å². The topological polar surface area (TPSA) is 108 Å². The highest BCUT2D eigenvalue weighted by Crippen LogP contribution is 2.38. The van der Waals surface area contributed by atoms with Crippen molar-refractivity contribution in [1.82, 2.24) is 5.32 Å². The molecule has 0 aliphatic heterocycles. The number of likely N-dealkylation sites (N-methyl/N-ethyl adjacent to an activating group) is 1. The first-order chi connectivity index (χ1) is 40.0. The maximum atomic E-state index is 13.1. The number of nitrogens with one attached hydrogen (secondary N) is 1. The zero-order valence-electron chi connectivity index (χ0n) is 55.2. The summed E-state index contributed by atoms with van der Waals surface area (Å²) >= 11 is 0. The fourth-order valence-electron chi connectivity index (χ4n) is 10.8. The van der Waals surface area contributed by atoms with Crippen LogP contribution < -0.4 is 10.2 Å². The number of phosphoric ester groups is 1. The van der Waals surface area contributed by atoms with E-state index in [1.54, 1.807) is 0 Å². The van der Waals surface area contributed by atoms with E-state index >= 15 is 0 Å². The van der Waals surface area contributed by atoms with Gasteiger partial charge in [-0.25, -0.2) is 0 Å². The van der Waals surface area contributed by atoms with Crippen LogP contribution in [0.25, 0.3) is 0 Å². The Kier molecular flexibility index (Phi) is 62.3. The lowest BCUT2D eigenvalue weighted by molar-refractivity contribution is -0.870. The van der Waals surface area contributed by atoms with E-state index < -0.39 is 20.0 Å². The van der Waals surface area contributed by atoms with Crippen molar-refractivity contribution in [3.63, 3.8) is 0 Å². The molecule has 0 spiro atoms. The maximum absolute atomic E-state index is 13.1. The highest BCUT2D eigenvalue weighted by molar-refractivity contribution is 7.45. The number of hydrogen-bond acceptors (Lipinski definition) is 6. The van der Waals surface area contributed by atoms with Crippen molar-refractivity contribution in [2.45, 2.75) is 360 Å². The summed E-state index contributed by atoms with van der Waals surface area (Å²) in [6.07, 6.45) is 87.3. The van der Waals surface area contributed by atoms with Crippen molar-refractivity contribution < 1.29 is 32.9 Å². The first-order valence-corrected chi connectivity index (χ1v) is 37.1. The molecular weight excluding hydrogens is 1030 g/mol. The van der Waals surface area contributed by atoms with Crippen LogP contribution >= 0.6 is 7.82 Å². The highest BCUT2D eigenvalue weighted by Gasteiger charge is 2.24. The molecule has 0 radical (unpaired) electrons. The van der Waals surface area contributed by atoms with Gasteiger partial charge in [-0.05, 0) is 57.8 Å². The molecule has 0 bridgehead atoms. The fraction of sp³-hybridized carbons (Fsp3) is 0.849. The predicted octanol–water partition coefficient (Wildman–Crippen LogP) is 22.1. The van der Waals surface area contributed by atoms with Gasteiger partial charge in [0.2, 0.25) is 5.91 Å². The smallest absolute Gasteiger partial charge is 0.268 e. The molecule has 1 amide bonds. The Morgan fingerprint density at radius 1 is 0.439 bits per heavy atom. The van der Waals surface area contributed by atoms with Crippen LogP contribution in [0.2, 0.25) is 0 Å². The van der Waals surface area contributed by atoms with Gasteiger partial charge in [0.25, 0.3) is 7.82 Å². The van der Waals surface area contributed by atoms with Crippen molar-refractivity contribution in [2.24, 2.45) is 0 Å². The molecule has 0 rings (SSSR count). The molecule has 0 aliphatic carbocycles. The van der Waals surface area contributed by atoms with Gasteiger partial charge in [0.1, 0.15) is 13.2 Å². The fourth-order valence-corrected chi connectivity index (χ4v) is 11.5. The zero-order valence-corrected chi connectivity index (χ0v) is 56.1. The van der Waals surface area contributed by atoms with E-state index in [0.717, 1.165) is 70.6 Å². The van der Waals surface area contributed by atoms with Crippen LogP contribution in [0, 0.1) is 0 Å². The first-order valence-electron chi connectivity index (χ1n) is 35.6. The number of amides is 1. The Bertz CT molecular complexity index is 1520. The molecule has 0 fully saturated rings. The summed E-state index contributed by atoms with van der Waals surface area (Å²) in [6.45, 7) is 4.66. The Labute approximate surface area is 511 Å². The van der Waals surface area contributed by atoms with Crippen molar-refractivity contribution in [3.05, 3.63) is 60.8 Å². The van der Waals surface area contributed by atoms with Gasteiger partial charge in [0.15, 0.2) is 0 Å². The van der Waals surface area contributed by atoms with Crippen LogP contribution in [0.1, 0.15) is 348 Å². The first kappa shape index (κ1) is 80.2. The quantitative estimate of drug-likeness (QED) is 0.0272. The minimum atomic E-state index is -4.58. The number of aliphatic hydroxyl groups excluding tert-OH is 1. The molecule has 8 nitrogen and oxygen atoms in total. The number of phosphoric acid groups is 1. The minimum Gasteiger partial charge on any atom is -0.756 e. The number of unbranched alkanes of at least 4 members (excludes halogenated alkanes) is 43. The number of carbonyl (C=O) groups is 1. The van der Waals surface area contributed by atoms with E-state index in [1.165, 1.54) is 250 Å². The summed E-state index contributed by atoms with van der Waals surface area (Å²) in [5, 5.41) is 14.1. The van der Waals surface area contributed by atoms with Gasteiger partial charge < -0.3 is 28.8 Å². The molecule has 3 atom stereocenters. The number of carbonyl (C=O) groups excluding carboxylic acids is 1. The summed E-state index contributed by atoms with van der Waals surface area (Å²) in [5.74, 6) is -0.161. The second-order valence-corrected chi connectivity index (χ2v) is 27.0. The predicted molar refractivity (Wildman–Crippen MR) is 357 cm³/mol. The van der Waals surface area contributed by atoms with Crippen molar-refractivity contribution in [3.8, 4) is 0 Å². The lowest BCUT2D eigenvalue weighted by Gasteiger charge is -2.30. The van der Waals surface area contributed by atoms with Gasteiger partial charge in [-0.3, -0.25) is 9.36 Å². The van der Waals surface area contributed by atoms with Crippen LogP contribution in [0.5, 0.6) is 0 Å². The molecule has 3 unspecified atom stereocenters. The van der Waals surface area contributed by atoms with Gasteiger partial charge in [-0.1, -0.05) is 344 Å². The third-order valence-electron chi connectivity index (χ3n) is 16.3. The molecule has 0 aromatic carbocycles. The summed E-state index contributed by atoms with van der Waals surface area (Å²) in [4.78, 5) is 25.7. The van der Waals surface area contributed by atoms with Crippen molar-refractivity contribution >= 4 is 13.7 Å². The largest absolute Gasteiger partial charge is 0.756 e. The van der Waals surface area contributed by atoms with Gasteiger partial charge in [-0.15, -0.1) is 0 Å². The standard InChI is InChI=1S/C73H139N2O6P/c1-6-8-10-12-14-16-18-20-22-24-26-28-30-32-34-36-37-39-41-43-45-47-49-51-53-55-57-59-61-63-65-67-73(77)74-71(70-81-82(78,79)80-69-68-75(3,4)5)72(76)66-64-62-60-58-56-54-52-50-48-46-44-42-40-38-35-33-31-29-27-25-23-21-19-17-15-13-11-9-7-2/h8,10,14,16,20,22,26,28,32,34,71-72,76H,6-7,9,11-13,15,17-19,21,23-25,27,29-31,33,35-70H2,1-5H3,(H-,74,77,78,79)/b10-8-,16-14-,22-20-,28-26-,34-32-. The molecule has 2 N–H and O–H groups in total. The number of rotatable bonds is 66. The Morgan fingerprint density at radius 3 is 1.09 bits per heavy atom. The second kappa shape index (κ2) is 63.7. The average Bonchev–Trinajstić information content (AvgIpc) is 3.47. The third kappa shape index (κ3) is 65.7. The normalized spacial score (nSPS) is 14.0. The molecule has 9 heteroatoms. The molecular formula is C73H139N2O6P. The monoisotopic (exact) mass is 1170 g/mol. The van der Waals surface area contributed by atoms with E-state index in [0.29, 0.717) is 23.9 Å². The van der Waals surface area contributed by atoms with E-state index in [1.807, 2.05) is 21.1 Å². The van der Waals surface area contributed by atoms with Crippen LogP contribution in [-0.4, -0.2) is 68.5 Å². The van der Waals surface area contributed by atoms with Gasteiger partial charge in [0, 0.05) is 6.42 Å². The number of aliphatic hydroxyl groups is 1. The maximum Gasteiger partial charge on any atom is 0.268 e. The number of quaternary nitrogens is 1. The Morgan fingerprint density at radius 2 is 0.744 bits per heavy atom. The van der Waals surface area contributed by atoms with Gasteiger partial charge in [0.05, 0.1) is 39.9 Å². The van der Waals surface area contributed by atoms with Crippen LogP contribution in [0.4, 0.5) is 0 Å². The van der Waals surface area contributed by atoms with Crippen molar-refractivity contribution in [2.75, 3.05) is 40.9 Å². The Hall–Kier alpha value is -1.80. The number of hydrogen-bond donors (Lipinski definition) is 2. The molecule has 0 aromatic rings. The summed E-state index contributed by atoms with van der Waals surface area (Å²) < 4.78 is 23.6. The minimum absolute atomic E-state index is 0.0121. The molecule has 0 heterocycles. The molecule has 0 saturated carbocycles. The number of nitrogens with zero attached hydrogens (tertiary/aromatic N) is 1. The van der Waals surface area contributed by atoms with Gasteiger partial charge in [-0.2, -0.15) is 0 Å². The molecule has 0 aliphatic rings. The van der Waals surface area contributed by atoms with Crippen molar-refractivity contribution in [1.29, 1.82) is 0 Å². The summed E-state index contributed by atoms with van der Waals surface area (Å²) in [5.41, 5.74) is 0. The Balaban J connectivity index is 4.02. The van der Waals surface area contributed by atoms with E-state index in [9.17, 15) is 19.4 Å². The SMILES string of the molecule is CC/C=C\C/C=C\C/C=C\C/C=C\C/C=C\CCCCCCCCCCCCCCCCCC(=O)NC(COP(=O)([O-])OCC[N+](C)(C)C)C(O)CCCCCCCCCCCCCCCCCCCCCCCCCCCCCCC. The molecule has 0 aromatic heterocycles. The summed E-state index contributed by atoms with van der Waals surface area (Å²) in [7, 11) is 1.32.